The molecule has 144 valence electrons. The topological polar surface area (TPSA) is 68.3 Å². The number of carbonyl (C=O) groups is 2. The Balaban J connectivity index is 1.88. The minimum atomic E-state index is -0.352. The van der Waals surface area contributed by atoms with E-state index in [2.05, 4.69) is 10.3 Å². The van der Waals surface area contributed by atoms with Gasteiger partial charge in [0.1, 0.15) is 16.7 Å². The van der Waals surface area contributed by atoms with E-state index in [1.807, 2.05) is 31.4 Å². The van der Waals surface area contributed by atoms with Crippen LogP contribution in [-0.4, -0.2) is 23.0 Å². The number of esters is 1. The fraction of sp³-hybridized carbons (Fsp3) is 0.476. The highest BCUT2D eigenvalue weighted by atomic mass is 32.1. The van der Waals surface area contributed by atoms with Crippen molar-refractivity contribution in [2.24, 2.45) is 5.92 Å². The zero-order valence-corrected chi connectivity index (χ0v) is 16.7. The van der Waals surface area contributed by atoms with Gasteiger partial charge in [-0.2, -0.15) is 0 Å². The Hall–Kier alpha value is -2.21. The summed E-state index contributed by atoms with van der Waals surface area (Å²) in [6.45, 7) is 3.99. The molecule has 0 spiro atoms. The van der Waals surface area contributed by atoms with Crippen LogP contribution in [0, 0.1) is 5.92 Å². The Morgan fingerprint density at radius 2 is 1.93 bits per heavy atom. The van der Waals surface area contributed by atoms with Gasteiger partial charge in [-0.25, -0.2) is 4.79 Å². The van der Waals surface area contributed by atoms with Gasteiger partial charge in [-0.05, 0) is 49.3 Å². The third-order valence-corrected chi connectivity index (χ3v) is 5.55. The van der Waals surface area contributed by atoms with Crippen molar-refractivity contribution in [1.82, 2.24) is 4.98 Å². The smallest absolute Gasteiger partial charge is 0.342 e. The van der Waals surface area contributed by atoms with Crippen molar-refractivity contribution < 1.29 is 14.3 Å². The van der Waals surface area contributed by atoms with E-state index in [0.717, 1.165) is 36.8 Å². The van der Waals surface area contributed by atoms with E-state index in [4.69, 9.17) is 4.74 Å². The second-order valence-electron chi connectivity index (χ2n) is 7.40. The Morgan fingerprint density at radius 1 is 1.22 bits per heavy atom. The molecule has 0 bridgehead atoms. The van der Waals surface area contributed by atoms with Crippen LogP contribution in [0.1, 0.15) is 62.7 Å². The highest BCUT2D eigenvalue weighted by Crippen LogP contribution is 2.37. The van der Waals surface area contributed by atoms with Crippen LogP contribution in [0.3, 0.4) is 0 Å². The number of pyridine rings is 1. The number of nitrogens with one attached hydrogen (secondary N) is 1. The number of anilines is 1. The molecule has 2 aromatic heterocycles. The number of ether oxygens (including phenoxy) is 1. The van der Waals surface area contributed by atoms with Crippen molar-refractivity contribution in [1.29, 1.82) is 0 Å². The maximum atomic E-state index is 13.0. The lowest BCUT2D eigenvalue weighted by atomic mass is 9.97. The Morgan fingerprint density at radius 3 is 2.59 bits per heavy atom. The first-order valence-corrected chi connectivity index (χ1v) is 10.4. The molecule has 0 aliphatic heterocycles. The summed E-state index contributed by atoms with van der Waals surface area (Å²) in [7, 11) is 0. The van der Waals surface area contributed by atoms with Crippen LogP contribution in [0.4, 0.5) is 5.00 Å². The molecule has 1 fully saturated rings. The van der Waals surface area contributed by atoms with Crippen LogP contribution in [0.5, 0.6) is 0 Å². The first-order chi connectivity index (χ1) is 13.0. The van der Waals surface area contributed by atoms with Crippen LogP contribution >= 0.6 is 11.3 Å². The molecular formula is C21H26N2O3S. The lowest BCUT2D eigenvalue weighted by Crippen LogP contribution is -2.22. The number of hydrogen-bond donors (Lipinski definition) is 1. The SMILES string of the molecule is CC(C)CC(=O)Nc1scc(-c2ccncc2)c1C(=O)OC1CCCCC1. The van der Waals surface area contributed by atoms with Crippen LogP contribution in [-0.2, 0) is 9.53 Å². The van der Waals surface area contributed by atoms with Crippen LogP contribution in [0.25, 0.3) is 11.1 Å². The van der Waals surface area contributed by atoms with E-state index in [1.165, 1.54) is 17.8 Å². The number of nitrogens with zero attached hydrogens (tertiary/aromatic N) is 1. The summed E-state index contributed by atoms with van der Waals surface area (Å²) in [6.07, 6.45) is 8.99. The van der Waals surface area contributed by atoms with Gasteiger partial charge in [-0.1, -0.05) is 20.3 Å². The summed E-state index contributed by atoms with van der Waals surface area (Å²) >= 11 is 1.36. The van der Waals surface area contributed by atoms with E-state index >= 15 is 0 Å². The number of carbonyl (C=O) groups excluding carboxylic acids is 2. The molecule has 1 amide bonds. The van der Waals surface area contributed by atoms with Gasteiger partial charge in [0.15, 0.2) is 0 Å². The molecule has 0 atom stereocenters. The second kappa shape index (κ2) is 9.13. The fourth-order valence-corrected chi connectivity index (χ4v) is 4.31. The monoisotopic (exact) mass is 386 g/mol. The lowest BCUT2D eigenvalue weighted by Gasteiger charge is -2.22. The molecule has 5 nitrogen and oxygen atoms in total. The van der Waals surface area contributed by atoms with Crippen molar-refractivity contribution in [3.63, 3.8) is 0 Å². The van der Waals surface area contributed by atoms with Crippen LogP contribution in [0.15, 0.2) is 29.9 Å². The highest BCUT2D eigenvalue weighted by molar-refractivity contribution is 7.15. The maximum Gasteiger partial charge on any atom is 0.342 e. The standard InChI is InChI=1S/C21H26N2O3S/c1-14(2)12-18(24)23-20-19(21(25)26-16-6-4-3-5-7-16)17(13-27-20)15-8-10-22-11-9-15/h8-11,13-14,16H,3-7,12H2,1-2H3,(H,23,24). The molecule has 0 saturated heterocycles. The van der Waals surface area contributed by atoms with Gasteiger partial charge in [0.25, 0.3) is 0 Å². The van der Waals surface area contributed by atoms with Gasteiger partial charge in [0.05, 0.1) is 0 Å². The Labute approximate surface area is 164 Å². The number of thiophene rings is 1. The molecule has 0 aromatic carbocycles. The molecule has 0 radical (unpaired) electrons. The minimum Gasteiger partial charge on any atom is -0.459 e. The van der Waals surface area contributed by atoms with E-state index in [1.54, 1.807) is 12.4 Å². The summed E-state index contributed by atoms with van der Waals surface area (Å²) in [5, 5.41) is 5.38. The first kappa shape index (κ1) is 19.5. The van der Waals surface area contributed by atoms with Crippen molar-refractivity contribution in [3.8, 4) is 11.1 Å². The van der Waals surface area contributed by atoms with Crippen LogP contribution in [0.2, 0.25) is 0 Å². The first-order valence-electron chi connectivity index (χ1n) is 9.57. The van der Waals surface area contributed by atoms with E-state index in [9.17, 15) is 9.59 Å². The van der Waals surface area contributed by atoms with Gasteiger partial charge in [-0.3, -0.25) is 9.78 Å². The average molecular weight is 387 g/mol. The van der Waals surface area contributed by atoms with Crippen molar-refractivity contribution in [2.45, 2.75) is 58.5 Å². The maximum absolute atomic E-state index is 13.0. The molecular weight excluding hydrogens is 360 g/mol. The van der Waals surface area contributed by atoms with Crippen LogP contribution < -0.4 is 5.32 Å². The summed E-state index contributed by atoms with van der Waals surface area (Å²) in [5.74, 6) is -0.183. The summed E-state index contributed by atoms with van der Waals surface area (Å²) in [5.41, 5.74) is 2.12. The lowest BCUT2D eigenvalue weighted by molar-refractivity contribution is -0.116. The largest absolute Gasteiger partial charge is 0.459 e. The molecule has 3 rings (SSSR count). The zero-order chi connectivity index (χ0) is 19.2. The van der Waals surface area contributed by atoms with Crippen molar-refractivity contribution >= 4 is 28.2 Å². The number of hydrogen-bond acceptors (Lipinski definition) is 5. The molecule has 2 heterocycles. The number of aromatic nitrogens is 1. The minimum absolute atomic E-state index is 0.0318. The molecule has 1 N–H and O–H groups in total. The third kappa shape index (κ3) is 5.16. The molecule has 0 unspecified atom stereocenters. The van der Waals surface area contributed by atoms with Crippen molar-refractivity contribution in [3.05, 3.63) is 35.5 Å². The third-order valence-electron chi connectivity index (χ3n) is 4.66. The fourth-order valence-electron chi connectivity index (χ4n) is 3.34. The molecule has 1 aliphatic rings. The molecule has 1 saturated carbocycles. The Kier molecular flexibility index (Phi) is 6.61. The van der Waals surface area contributed by atoms with Gasteiger partial charge < -0.3 is 10.1 Å². The van der Waals surface area contributed by atoms with Gasteiger partial charge >= 0.3 is 5.97 Å². The average Bonchev–Trinajstić information content (AvgIpc) is 3.06. The summed E-state index contributed by atoms with van der Waals surface area (Å²) in [6, 6.07) is 3.72. The predicted molar refractivity (Wildman–Crippen MR) is 108 cm³/mol. The number of amides is 1. The predicted octanol–water partition coefficient (Wildman–Crippen LogP) is 5.28. The zero-order valence-electron chi connectivity index (χ0n) is 15.9. The van der Waals surface area contributed by atoms with Gasteiger partial charge in [0.2, 0.25) is 5.91 Å². The van der Waals surface area contributed by atoms with E-state index in [0.29, 0.717) is 17.0 Å². The number of rotatable bonds is 6. The molecule has 6 heteroatoms. The summed E-state index contributed by atoms with van der Waals surface area (Å²) < 4.78 is 5.80. The Bertz CT molecular complexity index is 780. The summed E-state index contributed by atoms with van der Waals surface area (Å²) in [4.78, 5) is 29.3. The quantitative estimate of drug-likeness (QED) is 0.686. The van der Waals surface area contributed by atoms with E-state index < -0.39 is 0 Å². The molecule has 1 aliphatic carbocycles. The van der Waals surface area contributed by atoms with Gasteiger partial charge in [-0.15, -0.1) is 11.3 Å². The second-order valence-corrected chi connectivity index (χ2v) is 8.28. The normalized spacial score (nSPS) is 14.9. The van der Waals surface area contributed by atoms with E-state index in [-0.39, 0.29) is 23.9 Å². The van der Waals surface area contributed by atoms with Crippen molar-refractivity contribution in [2.75, 3.05) is 5.32 Å². The molecule has 27 heavy (non-hydrogen) atoms. The van der Waals surface area contributed by atoms with Gasteiger partial charge in [0, 0.05) is 29.8 Å². The molecule has 2 aromatic rings. The highest BCUT2D eigenvalue weighted by Gasteiger charge is 2.26.